The number of phenols is 1. The Bertz CT molecular complexity index is 1250. The molecule has 2 aliphatic heterocycles. The SMILES string of the molecule is CN1CCC(Oc2ccc3c(c2)CN(C(=O)c2cc4c(CC5CCCCC5)n[nH]c4cc2O)C3)CC1. The second kappa shape index (κ2) is 9.77. The van der Waals surface area contributed by atoms with Crippen LogP contribution in [0.1, 0.15) is 72.1 Å². The molecule has 7 nitrogen and oxygen atoms in total. The summed E-state index contributed by atoms with van der Waals surface area (Å²) in [6.07, 6.45) is 9.65. The molecule has 1 aromatic heterocycles. The highest BCUT2D eigenvalue weighted by molar-refractivity contribution is 6.01. The van der Waals surface area contributed by atoms with Crippen LogP contribution in [0.15, 0.2) is 30.3 Å². The molecule has 190 valence electrons. The standard InChI is InChI=1S/C29H36N4O3/c1-32-11-9-22(10-12-32)36-23-8-7-20-17-33(18-21(20)14-23)29(35)25-15-24-26(13-19-5-3-2-4-6-19)30-31-27(24)16-28(25)34/h7-8,14-16,19,22,34H,2-6,9-13,17-18H2,1H3,(H,30,31). The highest BCUT2D eigenvalue weighted by Crippen LogP contribution is 2.34. The van der Waals surface area contributed by atoms with Crippen molar-refractivity contribution in [2.75, 3.05) is 20.1 Å². The lowest BCUT2D eigenvalue weighted by Crippen LogP contribution is -2.35. The van der Waals surface area contributed by atoms with Crippen LogP contribution in [0.3, 0.4) is 0 Å². The molecule has 1 saturated heterocycles. The van der Waals surface area contributed by atoms with Gasteiger partial charge in [-0.3, -0.25) is 9.89 Å². The maximum atomic E-state index is 13.5. The van der Waals surface area contributed by atoms with E-state index in [0.29, 0.717) is 24.6 Å². The van der Waals surface area contributed by atoms with Gasteiger partial charge in [0.2, 0.25) is 0 Å². The van der Waals surface area contributed by atoms with Crippen LogP contribution in [0.25, 0.3) is 10.9 Å². The molecule has 0 bridgehead atoms. The summed E-state index contributed by atoms with van der Waals surface area (Å²) in [5.74, 6) is 1.39. The predicted molar refractivity (Wildman–Crippen MR) is 139 cm³/mol. The Kier molecular flexibility index (Phi) is 6.34. The molecular formula is C29H36N4O3. The van der Waals surface area contributed by atoms with E-state index in [2.05, 4.69) is 34.3 Å². The zero-order chi connectivity index (χ0) is 24.6. The number of piperidine rings is 1. The first-order valence-corrected chi connectivity index (χ1v) is 13.5. The van der Waals surface area contributed by atoms with Gasteiger partial charge in [0.1, 0.15) is 17.6 Å². The zero-order valence-corrected chi connectivity index (χ0v) is 21.1. The number of carbonyl (C=O) groups is 1. The number of carbonyl (C=O) groups excluding carboxylic acids is 1. The minimum Gasteiger partial charge on any atom is -0.507 e. The molecule has 36 heavy (non-hydrogen) atoms. The number of aromatic nitrogens is 2. The summed E-state index contributed by atoms with van der Waals surface area (Å²) in [7, 11) is 2.15. The van der Waals surface area contributed by atoms with Gasteiger partial charge in [0.25, 0.3) is 5.91 Å². The average Bonchev–Trinajstić information content (AvgIpc) is 3.48. The van der Waals surface area contributed by atoms with Crippen LogP contribution in [0.4, 0.5) is 0 Å². The van der Waals surface area contributed by atoms with Gasteiger partial charge in [-0.25, -0.2) is 0 Å². The quantitative estimate of drug-likeness (QED) is 0.527. The Hall–Kier alpha value is -3.06. The van der Waals surface area contributed by atoms with Gasteiger partial charge >= 0.3 is 0 Å². The smallest absolute Gasteiger partial charge is 0.258 e. The van der Waals surface area contributed by atoms with Crippen molar-refractivity contribution in [2.24, 2.45) is 5.92 Å². The van der Waals surface area contributed by atoms with Crippen molar-refractivity contribution in [3.05, 3.63) is 52.7 Å². The first-order chi connectivity index (χ1) is 17.5. The van der Waals surface area contributed by atoms with Gasteiger partial charge in [-0.15, -0.1) is 0 Å². The van der Waals surface area contributed by atoms with Gasteiger partial charge in [-0.2, -0.15) is 5.10 Å². The van der Waals surface area contributed by atoms with Crippen molar-refractivity contribution in [1.29, 1.82) is 0 Å². The summed E-state index contributed by atoms with van der Waals surface area (Å²) in [5.41, 5.74) is 4.41. The maximum Gasteiger partial charge on any atom is 0.258 e. The third-order valence-corrected chi connectivity index (χ3v) is 8.35. The number of nitrogens with zero attached hydrogens (tertiary/aromatic N) is 3. The average molecular weight is 489 g/mol. The van der Waals surface area contributed by atoms with E-state index in [1.54, 1.807) is 6.07 Å². The number of nitrogens with one attached hydrogen (secondary N) is 1. The maximum absolute atomic E-state index is 13.5. The van der Waals surface area contributed by atoms with E-state index in [0.717, 1.165) is 65.8 Å². The van der Waals surface area contributed by atoms with E-state index in [-0.39, 0.29) is 17.8 Å². The van der Waals surface area contributed by atoms with E-state index in [1.807, 2.05) is 17.0 Å². The molecule has 0 unspecified atom stereocenters. The summed E-state index contributed by atoms with van der Waals surface area (Å²) < 4.78 is 6.26. The highest BCUT2D eigenvalue weighted by Gasteiger charge is 2.28. The molecule has 1 amide bonds. The third kappa shape index (κ3) is 4.69. The molecule has 2 N–H and O–H groups in total. The summed E-state index contributed by atoms with van der Waals surface area (Å²) >= 11 is 0. The van der Waals surface area contributed by atoms with E-state index in [1.165, 1.54) is 32.1 Å². The molecule has 3 heterocycles. The molecule has 7 heteroatoms. The number of hydrogen-bond donors (Lipinski definition) is 2. The summed E-state index contributed by atoms with van der Waals surface area (Å²) in [4.78, 5) is 17.7. The van der Waals surface area contributed by atoms with Crippen LogP contribution in [-0.4, -0.2) is 57.3 Å². The monoisotopic (exact) mass is 488 g/mol. The second-order valence-electron chi connectivity index (χ2n) is 11.0. The highest BCUT2D eigenvalue weighted by atomic mass is 16.5. The fourth-order valence-electron chi connectivity index (χ4n) is 6.15. The number of amides is 1. The van der Waals surface area contributed by atoms with Crippen LogP contribution in [-0.2, 0) is 19.5 Å². The van der Waals surface area contributed by atoms with Gasteiger partial charge in [0.15, 0.2) is 0 Å². The normalized spacial score (nSPS) is 19.6. The van der Waals surface area contributed by atoms with Gasteiger partial charge < -0.3 is 19.6 Å². The number of fused-ring (bicyclic) bond motifs is 2. The summed E-state index contributed by atoms with van der Waals surface area (Å²) in [6, 6.07) is 9.68. The number of hydrogen-bond acceptors (Lipinski definition) is 5. The lowest BCUT2D eigenvalue weighted by molar-refractivity contribution is 0.0748. The zero-order valence-electron chi connectivity index (χ0n) is 21.1. The first-order valence-electron chi connectivity index (χ1n) is 13.5. The Balaban J connectivity index is 1.17. The van der Waals surface area contributed by atoms with Crippen LogP contribution in [0.5, 0.6) is 11.5 Å². The number of ether oxygens (including phenoxy) is 1. The number of aromatic hydroxyl groups is 1. The molecule has 3 aromatic rings. The van der Waals surface area contributed by atoms with Crippen molar-refractivity contribution >= 4 is 16.8 Å². The fourth-order valence-corrected chi connectivity index (χ4v) is 6.15. The number of rotatable bonds is 5. The van der Waals surface area contributed by atoms with Crippen molar-refractivity contribution < 1.29 is 14.6 Å². The molecule has 0 atom stereocenters. The minimum atomic E-state index is -0.145. The van der Waals surface area contributed by atoms with E-state index in [4.69, 9.17) is 4.74 Å². The lowest BCUT2D eigenvalue weighted by atomic mass is 9.85. The molecule has 1 saturated carbocycles. The number of aromatic amines is 1. The van der Waals surface area contributed by atoms with Crippen molar-refractivity contribution in [3.63, 3.8) is 0 Å². The van der Waals surface area contributed by atoms with Gasteiger partial charge in [0.05, 0.1) is 16.8 Å². The fraction of sp³-hybridized carbons (Fsp3) is 0.517. The van der Waals surface area contributed by atoms with E-state index < -0.39 is 0 Å². The molecule has 3 aliphatic rings. The Morgan fingerprint density at radius 2 is 1.83 bits per heavy atom. The Morgan fingerprint density at radius 3 is 2.64 bits per heavy atom. The molecule has 0 spiro atoms. The van der Waals surface area contributed by atoms with Gasteiger partial charge in [0, 0.05) is 37.6 Å². The van der Waals surface area contributed by atoms with E-state index in [9.17, 15) is 9.90 Å². The van der Waals surface area contributed by atoms with Crippen molar-refractivity contribution in [2.45, 2.75) is 70.6 Å². The topological polar surface area (TPSA) is 81.7 Å². The number of H-pyrrole nitrogens is 1. The van der Waals surface area contributed by atoms with Crippen LogP contribution in [0, 0.1) is 5.92 Å². The molecule has 0 radical (unpaired) electrons. The Morgan fingerprint density at radius 1 is 1.06 bits per heavy atom. The van der Waals surface area contributed by atoms with Crippen LogP contribution in [0.2, 0.25) is 0 Å². The Labute approximate surface area is 212 Å². The third-order valence-electron chi connectivity index (χ3n) is 8.35. The molecular weight excluding hydrogens is 452 g/mol. The van der Waals surface area contributed by atoms with E-state index >= 15 is 0 Å². The largest absolute Gasteiger partial charge is 0.507 e. The number of benzene rings is 2. The lowest BCUT2D eigenvalue weighted by Gasteiger charge is -2.29. The number of likely N-dealkylation sites (tertiary alicyclic amines) is 1. The molecule has 1 aliphatic carbocycles. The second-order valence-corrected chi connectivity index (χ2v) is 11.0. The predicted octanol–water partition coefficient (Wildman–Crippen LogP) is 5.02. The van der Waals surface area contributed by atoms with Crippen LogP contribution >= 0.6 is 0 Å². The first kappa shape index (κ1) is 23.3. The molecule has 6 rings (SSSR count). The molecule has 2 fully saturated rings. The van der Waals surface area contributed by atoms with Gasteiger partial charge in [-0.1, -0.05) is 38.2 Å². The van der Waals surface area contributed by atoms with Crippen molar-refractivity contribution in [1.82, 2.24) is 20.0 Å². The van der Waals surface area contributed by atoms with Gasteiger partial charge in [-0.05, 0) is 61.6 Å². The number of phenolic OH excluding ortho intramolecular Hbond substituents is 1. The minimum absolute atomic E-state index is 0.00242. The van der Waals surface area contributed by atoms with Crippen molar-refractivity contribution in [3.8, 4) is 11.5 Å². The summed E-state index contributed by atoms with van der Waals surface area (Å²) in [5, 5.41) is 19.3. The summed E-state index contributed by atoms with van der Waals surface area (Å²) in [6.45, 7) is 3.19. The molecule has 2 aromatic carbocycles. The van der Waals surface area contributed by atoms with Crippen LogP contribution < -0.4 is 4.74 Å².